The van der Waals surface area contributed by atoms with Crippen molar-refractivity contribution in [3.63, 3.8) is 0 Å². The van der Waals surface area contributed by atoms with Gasteiger partial charge in [-0.1, -0.05) is 261 Å². The molecular weight excluding hydrogens is 1160 g/mol. The summed E-state index contributed by atoms with van der Waals surface area (Å²) in [7, 11) is 0. The molecule has 9 aromatic rings. The van der Waals surface area contributed by atoms with E-state index >= 15 is 0 Å². The third-order valence-electron chi connectivity index (χ3n) is 15.3. The Morgan fingerprint density at radius 2 is 0.750 bits per heavy atom. The van der Waals surface area contributed by atoms with Gasteiger partial charge >= 0.3 is 5.97 Å². The Hall–Kier alpha value is -8.03. The molecule has 92 heavy (non-hydrogen) atoms. The zero-order valence-electron chi connectivity index (χ0n) is 52.0. The molecule has 1 aliphatic rings. The van der Waals surface area contributed by atoms with Crippen LogP contribution in [0.4, 0.5) is 0 Å². The van der Waals surface area contributed by atoms with E-state index in [1.54, 1.807) is 24.3 Å². The molecule has 0 bridgehead atoms. The maximum atomic E-state index is 14.5. The monoisotopic (exact) mass is 1240 g/mol. The van der Waals surface area contributed by atoms with Crippen molar-refractivity contribution in [2.45, 2.75) is 121 Å². The molecule has 1 aliphatic heterocycles. The standard InChI is InChI=1S/C78H82O14/c1-59(82-49-62-33-15-4-16-34-62)72(84-51-64-37-19-6-20-38-64)77(92-71(83-50-63-35-17-5-18-36-63)58-81-48-61-31-13-3-14-32-61)88-55-69(90-76(79)68-45-27-10-28-46-68)56-89-78-75(87-54-67-43-25-9-26-44-67)74(86-53-66-41-23-8-24-42-66)73(85-52-65-39-21-7-22-40-65)70(91-78)57-80-47-60-29-11-2-12-30-60/h2-46,59,69-75,77-78H,47-58H2,1H3. The first-order chi connectivity index (χ1) is 45.5. The van der Waals surface area contributed by atoms with Gasteiger partial charge in [0, 0.05) is 0 Å². The van der Waals surface area contributed by atoms with E-state index in [9.17, 15) is 4.79 Å². The Balaban J connectivity index is 0.989. The summed E-state index contributed by atoms with van der Waals surface area (Å²) >= 11 is 0. The van der Waals surface area contributed by atoms with Crippen molar-refractivity contribution in [1.29, 1.82) is 0 Å². The Bertz CT molecular complexity index is 3400. The van der Waals surface area contributed by atoms with Crippen LogP contribution in [0.3, 0.4) is 0 Å². The molecule has 14 nitrogen and oxygen atoms in total. The molecule has 1 fully saturated rings. The molecule has 10 atom stereocenters. The molecule has 9 aromatic carbocycles. The molecule has 0 aromatic heterocycles. The third kappa shape index (κ3) is 22.1. The zero-order chi connectivity index (χ0) is 63.0. The topological polar surface area (TPSA) is 137 Å². The highest BCUT2D eigenvalue weighted by Gasteiger charge is 2.49. The van der Waals surface area contributed by atoms with Gasteiger partial charge in [0.15, 0.2) is 18.9 Å². The van der Waals surface area contributed by atoms with Gasteiger partial charge in [0.2, 0.25) is 0 Å². The van der Waals surface area contributed by atoms with Gasteiger partial charge in [0.1, 0.15) is 36.6 Å². The first-order valence-electron chi connectivity index (χ1n) is 31.4. The molecule has 1 heterocycles. The summed E-state index contributed by atoms with van der Waals surface area (Å²) in [5, 5.41) is 0. The van der Waals surface area contributed by atoms with Crippen LogP contribution in [0, 0.1) is 0 Å². The molecule has 0 saturated carbocycles. The number of hydrogen-bond donors (Lipinski definition) is 0. The number of esters is 1. The van der Waals surface area contributed by atoms with E-state index in [0.29, 0.717) is 12.2 Å². The van der Waals surface area contributed by atoms with E-state index in [-0.39, 0.29) is 72.7 Å². The summed E-state index contributed by atoms with van der Waals surface area (Å²) in [6, 6.07) is 88.0. The van der Waals surface area contributed by atoms with Crippen LogP contribution >= 0.6 is 0 Å². The Morgan fingerprint density at radius 3 is 1.22 bits per heavy atom. The molecular formula is C78H82O14. The highest BCUT2D eigenvalue weighted by Crippen LogP contribution is 2.33. The minimum absolute atomic E-state index is 0.00493. The number of rotatable bonds is 38. The second-order valence-corrected chi connectivity index (χ2v) is 22.4. The van der Waals surface area contributed by atoms with Crippen LogP contribution in [-0.4, -0.2) is 94.0 Å². The number of carbonyl (C=O) groups is 1. The predicted octanol–water partition coefficient (Wildman–Crippen LogP) is 14.2. The largest absolute Gasteiger partial charge is 0.454 e. The van der Waals surface area contributed by atoms with E-state index < -0.39 is 67.6 Å². The van der Waals surface area contributed by atoms with Crippen molar-refractivity contribution in [2.24, 2.45) is 0 Å². The first-order valence-corrected chi connectivity index (χ1v) is 31.4. The first kappa shape index (κ1) is 66.9. The summed E-state index contributed by atoms with van der Waals surface area (Å²) in [6.07, 6.45) is -9.36. The Kier molecular flexibility index (Phi) is 27.2. The predicted molar refractivity (Wildman–Crippen MR) is 349 cm³/mol. The van der Waals surface area contributed by atoms with Crippen LogP contribution in [0.5, 0.6) is 0 Å². The summed E-state index contributed by atoms with van der Waals surface area (Å²) in [4.78, 5) is 14.5. The average molecular weight is 1240 g/mol. The van der Waals surface area contributed by atoms with E-state index in [0.717, 1.165) is 44.5 Å². The molecule has 0 N–H and O–H groups in total. The van der Waals surface area contributed by atoms with Gasteiger partial charge in [-0.05, 0) is 63.6 Å². The number of benzene rings is 9. The third-order valence-corrected chi connectivity index (χ3v) is 15.3. The lowest BCUT2D eigenvalue weighted by Gasteiger charge is -2.46. The van der Waals surface area contributed by atoms with Crippen molar-refractivity contribution < 1.29 is 66.4 Å². The summed E-state index contributed by atoms with van der Waals surface area (Å²) < 4.78 is 88.8. The van der Waals surface area contributed by atoms with Crippen LogP contribution in [0.1, 0.15) is 61.8 Å². The molecule has 14 heteroatoms. The van der Waals surface area contributed by atoms with Gasteiger partial charge in [-0.2, -0.15) is 0 Å². The highest BCUT2D eigenvalue weighted by atomic mass is 16.8. The van der Waals surface area contributed by atoms with Gasteiger partial charge in [0.05, 0.1) is 91.0 Å². The Morgan fingerprint density at radius 1 is 0.370 bits per heavy atom. The smallest absolute Gasteiger partial charge is 0.338 e. The van der Waals surface area contributed by atoms with Crippen LogP contribution in [0.15, 0.2) is 273 Å². The van der Waals surface area contributed by atoms with Gasteiger partial charge in [-0.15, -0.1) is 0 Å². The van der Waals surface area contributed by atoms with E-state index in [4.69, 9.17) is 61.6 Å². The lowest BCUT2D eigenvalue weighted by molar-refractivity contribution is -0.333. The van der Waals surface area contributed by atoms with Crippen molar-refractivity contribution in [3.05, 3.63) is 323 Å². The summed E-state index contributed by atoms with van der Waals surface area (Å²) in [5.41, 5.74) is 7.91. The van der Waals surface area contributed by atoms with Crippen molar-refractivity contribution in [1.82, 2.24) is 0 Å². The highest BCUT2D eigenvalue weighted by molar-refractivity contribution is 5.89. The molecule has 10 unspecified atom stereocenters. The normalized spacial score (nSPS) is 18.1. The summed E-state index contributed by atoms with van der Waals surface area (Å²) in [5.74, 6) is -0.609. The molecule has 0 amide bonds. The fourth-order valence-corrected chi connectivity index (χ4v) is 10.4. The SMILES string of the molecule is CC(OCc1ccccc1)C(OCc1ccccc1)C(OCC(COC1OC(COCc2ccccc2)C(OCc2ccccc2)C(OCc2ccccc2)C1OCc1ccccc1)OC(=O)c1ccccc1)OC(COCc1ccccc1)OCc1ccccc1. The van der Waals surface area contributed by atoms with Crippen molar-refractivity contribution in [3.8, 4) is 0 Å². The van der Waals surface area contributed by atoms with Gasteiger partial charge in [0.25, 0.3) is 0 Å². The van der Waals surface area contributed by atoms with E-state index in [1.807, 2.05) is 256 Å². The second kappa shape index (κ2) is 37.5. The minimum Gasteiger partial charge on any atom is -0.454 e. The van der Waals surface area contributed by atoms with Gasteiger partial charge in [-0.25, -0.2) is 4.79 Å². The maximum Gasteiger partial charge on any atom is 0.338 e. The van der Waals surface area contributed by atoms with Crippen LogP contribution in [0.2, 0.25) is 0 Å². The molecule has 478 valence electrons. The molecule has 0 aliphatic carbocycles. The molecule has 0 radical (unpaired) electrons. The van der Waals surface area contributed by atoms with Gasteiger partial charge in [-0.3, -0.25) is 0 Å². The fraction of sp³-hybridized carbons (Fsp3) is 0.295. The average Bonchev–Trinajstić information content (AvgIpc) is 0.899. The quantitative estimate of drug-likeness (QED) is 0.0268. The van der Waals surface area contributed by atoms with Crippen molar-refractivity contribution in [2.75, 3.05) is 26.4 Å². The van der Waals surface area contributed by atoms with Crippen molar-refractivity contribution >= 4 is 5.97 Å². The minimum atomic E-state index is -1.25. The van der Waals surface area contributed by atoms with Crippen LogP contribution < -0.4 is 0 Å². The number of ether oxygens (including phenoxy) is 13. The Labute approximate surface area is 540 Å². The zero-order valence-corrected chi connectivity index (χ0v) is 52.0. The van der Waals surface area contributed by atoms with E-state index in [2.05, 4.69) is 0 Å². The van der Waals surface area contributed by atoms with Gasteiger partial charge < -0.3 is 61.6 Å². The van der Waals surface area contributed by atoms with Crippen LogP contribution in [-0.2, 0) is 114 Å². The number of hydrogen-bond acceptors (Lipinski definition) is 14. The number of carbonyl (C=O) groups excluding carboxylic acids is 1. The van der Waals surface area contributed by atoms with E-state index in [1.165, 1.54) is 0 Å². The maximum absolute atomic E-state index is 14.5. The lowest BCUT2D eigenvalue weighted by atomic mass is 9.97. The molecule has 1 saturated heterocycles. The van der Waals surface area contributed by atoms with Crippen LogP contribution in [0.25, 0.3) is 0 Å². The lowest BCUT2D eigenvalue weighted by Crippen LogP contribution is -2.62. The second-order valence-electron chi connectivity index (χ2n) is 22.4. The molecule has 0 spiro atoms. The summed E-state index contributed by atoms with van der Waals surface area (Å²) in [6.45, 7) is 3.34. The fourth-order valence-electron chi connectivity index (χ4n) is 10.4. The molecule has 10 rings (SSSR count).